The average Bonchev–Trinajstić information content (AvgIpc) is 2.67. The zero-order valence-electron chi connectivity index (χ0n) is 11.0. The molecule has 0 aromatic carbocycles. The molecule has 0 heterocycles. The van der Waals surface area contributed by atoms with Crippen molar-refractivity contribution in [3.63, 3.8) is 0 Å². The standard InChI is InChI=1S/2C7H10.2ClH.Hf/c2*1-6-4-3-5-7(6)2;;;/h2*3-4H,5H2,1-2H3;2*1H;/p-2. The van der Waals surface area contributed by atoms with Gasteiger partial charge < -0.3 is 24.8 Å². The number of hydrogen-bond donors (Lipinski definition) is 0. The summed E-state index contributed by atoms with van der Waals surface area (Å²) < 4.78 is 0. The molecule has 0 N–H and O–H groups in total. The Hall–Kier alpha value is 0.410. The van der Waals surface area contributed by atoms with E-state index in [1.807, 2.05) is 0 Å². The van der Waals surface area contributed by atoms with E-state index in [9.17, 15) is 0 Å². The summed E-state index contributed by atoms with van der Waals surface area (Å²) in [6.07, 6.45) is 11.1. The molecule has 0 aromatic heterocycles. The Morgan fingerprint density at radius 2 is 1.00 bits per heavy atom. The summed E-state index contributed by atoms with van der Waals surface area (Å²) >= 11 is 0. The van der Waals surface area contributed by atoms with Crippen LogP contribution >= 0.6 is 0 Å². The van der Waals surface area contributed by atoms with Crippen molar-refractivity contribution in [1.29, 1.82) is 0 Å². The molecular formula is C14H20Cl2Hf-2. The Morgan fingerprint density at radius 1 is 0.706 bits per heavy atom. The fourth-order valence-corrected chi connectivity index (χ4v) is 1.43. The van der Waals surface area contributed by atoms with Crippen LogP contribution in [0.25, 0.3) is 0 Å². The minimum absolute atomic E-state index is 0. The Labute approximate surface area is 137 Å². The fourth-order valence-electron chi connectivity index (χ4n) is 1.43. The molecule has 0 saturated heterocycles. The second-order valence-corrected chi connectivity index (χ2v) is 4.14. The first-order valence-electron chi connectivity index (χ1n) is 5.27. The van der Waals surface area contributed by atoms with E-state index >= 15 is 0 Å². The van der Waals surface area contributed by atoms with Gasteiger partial charge in [0.1, 0.15) is 0 Å². The monoisotopic (exact) mass is 438 g/mol. The molecule has 17 heavy (non-hydrogen) atoms. The molecule has 0 spiro atoms. The molecule has 2 aliphatic carbocycles. The molecule has 0 nitrogen and oxygen atoms in total. The van der Waals surface area contributed by atoms with Gasteiger partial charge in [-0.1, -0.05) is 46.6 Å². The van der Waals surface area contributed by atoms with Gasteiger partial charge in [0.2, 0.25) is 0 Å². The predicted molar refractivity (Wildman–Crippen MR) is 64.3 cm³/mol. The Kier molecular flexibility index (Phi) is 15.3. The first kappa shape index (κ1) is 22.6. The average molecular weight is 438 g/mol. The molecule has 2 aliphatic rings. The smallest absolute Gasteiger partial charge is 0 e. The van der Waals surface area contributed by atoms with Crippen LogP contribution in [0, 0.1) is 0 Å². The van der Waals surface area contributed by atoms with E-state index < -0.39 is 0 Å². The van der Waals surface area contributed by atoms with Crippen LogP contribution in [-0.2, 0) is 25.8 Å². The van der Waals surface area contributed by atoms with Gasteiger partial charge in [0.25, 0.3) is 0 Å². The number of hydrogen-bond acceptors (Lipinski definition) is 0. The molecule has 0 amide bonds. The van der Waals surface area contributed by atoms with Crippen molar-refractivity contribution < 1.29 is 50.7 Å². The largest absolute Gasteiger partial charge is 1.00 e. The molecule has 0 atom stereocenters. The Morgan fingerprint density at radius 3 is 1.06 bits per heavy atom. The number of halogens is 2. The van der Waals surface area contributed by atoms with Gasteiger partial charge in [0, 0.05) is 25.8 Å². The van der Waals surface area contributed by atoms with Gasteiger partial charge in [0.15, 0.2) is 0 Å². The maximum atomic E-state index is 2.20. The summed E-state index contributed by atoms with van der Waals surface area (Å²) in [4.78, 5) is 0. The van der Waals surface area contributed by atoms with Gasteiger partial charge in [-0.2, -0.15) is 0 Å². The van der Waals surface area contributed by atoms with E-state index in [2.05, 4.69) is 52.0 Å². The Bertz CT molecular complexity index is 302. The molecule has 0 fully saturated rings. The third-order valence-corrected chi connectivity index (χ3v) is 2.93. The van der Waals surface area contributed by atoms with Crippen molar-refractivity contribution in [3.8, 4) is 0 Å². The fraction of sp³-hybridized carbons (Fsp3) is 0.429. The van der Waals surface area contributed by atoms with Gasteiger partial charge in [-0.15, -0.1) is 0 Å². The van der Waals surface area contributed by atoms with E-state index in [0.717, 1.165) is 0 Å². The number of allylic oxidation sites excluding steroid dienone is 8. The van der Waals surface area contributed by atoms with Crippen LogP contribution in [0.5, 0.6) is 0 Å². The van der Waals surface area contributed by atoms with Crippen LogP contribution in [0.2, 0.25) is 0 Å². The van der Waals surface area contributed by atoms with Crippen molar-refractivity contribution in [2.24, 2.45) is 0 Å². The topological polar surface area (TPSA) is 0 Å². The second-order valence-electron chi connectivity index (χ2n) is 4.14. The minimum Gasteiger partial charge on any atom is -1.00 e. The Balaban J connectivity index is -0.000000196. The maximum Gasteiger partial charge on any atom is 0 e. The molecule has 0 saturated carbocycles. The normalized spacial score (nSPS) is 15.8. The summed E-state index contributed by atoms with van der Waals surface area (Å²) in [5, 5.41) is 0. The van der Waals surface area contributed by atoms with Crippen LogP contribution in [0.15, 0.2) is 46.6 Å². The van der Waals surface area contributed by atoms with Gasteiger partial charge >= 0.3 is 0 Å². The first-order valence-corrected chi connectivity index (χ1v) is 5.27. The third kappa shape index (κ3) is 8.18. The van der Waals surface area contributed by atoms with E-state index in [1.165, 1.54) is 35.1 Å². The van der Waals surface area contributed by atoms with Crippen molar-refractivity contribution in [2.75, 3.05) is 0 Å². The van der Waals surface area contributed by atoms with Gasteiger partial charge in [-0.05, 0) is 40.5 Å². The van der Waals surface area contributed by atoms with E-state index in [0.29, 0.717) is 0 Å². The first-order chi connectivity index (χ1) is 6.61. The summed E-state index contributed by atoms with van der Waals surface area (Å²) in [7, 11) is 0. The summed E-state index contributed by atoms with van der Waals surface area (Å²) in [5.74, 6) is 0. The van der Waals surface area contributed by atoms with Gasteiger partial charge in [-0.3, -0.25) is 0 Å². The molecule has 0 aromatic rings. The molecule has 0 radical (unpaired) electrons. The molecule has 96 valence electrons. The summed E-state index contributed by atoms with van der Waals surface area (Å²) in [5.41, 5.74) is 5.92. The molecule has 3 heteroatoms. The van der Waals surface area contributed by atoms with Crippen molar-refractivity contribution in [1.82, 2.24) is 0 Å². The SMILES string of the molecule is CC1=C(C)CC=C1.CC1=C(C)CC=C1.[Cl-].[Cl-].[Hf]. The van der Waals surface area contributed by atoms with Crippen LogP contribution in [-0.4, -0.2) is 0 Å². The van der Waals surface area contributed by atoms with Crippen molar-refractivity contribution in [3.05, 3.63) is 46.6 Å². The molecule has 0 bridgehead atoms. The summed E-state index contributed by atoms with van der Waals surface area (Å²) in [6, 6.07) is 0. The van der Waals surface area contributed by atoms with Crippen LogP contribution in [0.1, 0.15) is 40.5 Å². The van der Waals surface area contributed by atoms with Crippen molar-refractivity contribution in [2.45, 2.75) is 40.5 Å². The minimum atomic E-state index is 0. The van der Waals surface area contributed by atoms with E-state index in [4.69, 9.17) is 0 Å². The van der Waals surface area contributed by atoms with Gasteiger partial charge in [-0.25, -0.2) is 0 Å². The van der Waals surface area contributed by atoms with Crippen LogP contribution in [0.3, 0.4) is 0 Å². The molecular weight excluding hydrogens is 418 g/mol. The second kappa shape index (κ2) is 11.5. The molecule has 2 rings (SSSR count). The van der Waals surface area contributed by atoms with Gasteiger partial charge in [0.05, 0.1) is 0 Å². The number of rotatable bonds is 0. The zero-order valence-corrected chi connectivity index (χ0v) is 16.1. The third-order valence-electron chi connectivity index (χ3n) is 2.93. The van der Waals surface area contributed by atoms with Crippen molar-refractivity contribution >= 4 is 0 Å². The summed E-state index contributed by atoms with van der Waals surface area (Å²) in [6.45, 7) is 8.66. The molecule has 0 aliphatic heterocycles. The van der Waals surface area contributed by atoms with E-state index in [1.54, 1.807) is 0 Å². The maximum absolute atomic E-state index is 2.20. The molecule has 0 unspecified atom stereocenters. The predicted octanol–water partition coefficient (Wildman–Crippen LogP) is -1.43. The van der Waals surface area contributed by atoms with Crippen LogP contribution < -0.4 is 24.8 Å². The quantitative estimate of drug-likeness (QED) is 0.408. The zero-order chi connectivity index (χ0) is 10.6. The van der Waals surface area contributed by atoms with Crippen LogP contribution in [0.4, 0.5) is 0 Å². The van der Waals surface area contributed by atoms with E-state index in [-0.39, 0.29) is 50.7 Å².